The summed E-state index contributed by atoms with van der Waals surface area (Å²) in [6.07, 6.45) is -3.69. The molecule has 9 heteroatoms. The Morgan fingerprint density at radius 3 is 2.36 bits per heavy atom. The van der Waals surface area contributed by atoms with E-state index in [0.29, 0.717) is 18.9 Å². The van der Waals surface area contributed by atoms with Crippen LogP contribution in [-0.2, 0) is 16.2 Å². The third-order valence-corrected chi connectivity index (χ3v) is 5.10. The number of sulfonamides is 1. The molecule has 0 heterocycles. The summed E-state index contributed by atoms with van der Waals surface area (Å²) >= 11 is 0. The minimum absolute atomic E-state index is 0.352. The molecule has 0 aromatic heterocycles. The molecule has 1 fully saturated rings. The van der Waals surface area contributed by atoms with E-state index in [1.807, 2.05) is 0 Å². The van der Waals surface area contributed by atoms with E-state index in [1.165, 1.54) is 6.07 Å². The van der Waals surface area contributed by atoms with Crippen LogP contribution < -0.4 is 0 Å². The Balaban J connectivity index is 2.53. The third-order valence-electron chi connectivity index (χ3n) is 3.20. The Morgan fingerprint density at radius 2 is 1.91 bits per heavy atom. The van der Waals surface area contributed by atoms with Gasteiger partial charge in [-0.05, 0) is 31.0 Å². The fourth-order valence-corrected chi connectivity index (χ4v) is 3.60. The van der Waals surface area contributed by atoms with Crippen LogP contribution in [0.25, 0.3) is 0 Å². The molecule has 1 aromatic carbocycles. The second kappa shape index (κ2) is 5.59. The Labute approximate surface area is 125 Å². The summed E-state index contributed by atoms with van der Waals surface area (Å²) < 4.78 is 64.4. The summed E-state index contributed by atoms with van der Waals surface area (Å²) in [5, 5.41) is 17.4. The van der Waals surface area contributed by atoms with Gasteiger partial charge in [0.05, 0.1) is 28.2 Å². The summed E-state index contributed by atoms with van der Waals surface area (Å²) in [6, 6.07) is 4.97. The van der Waals surface area contributed by atoms with Gasteiger partial charge < -0.3 is 0 Å². The molecule has 0 saturated heterocycles. The van der Waals surface area contributed by atoms with Gasteiger partial charge in [0.2, 0.25) is 10.0 Å². The number of nitriles is 2. The first-order chi connectivity index (χ1) is 10.2. The summed E-state index contributed by atoms with van der Waals surface area (Å²) in [7, 11) is -4.21. The van der Waals surface area contributed by atoms with Crippen molar-refractivity contribution in [1.29, 1.82) is 10.5 Å². The molecule has 0 N–H and O–H groups in total. The monoisotopic (exact) mass is 329 g/mol. The highest BCUT2D eigenvalue weighted by Crippen LogP contribution is 2.36. The number of rotatable bonds is 4. The van der Waals surface area contributed by atoms with Gasteiger partial charge in [0.15, 0.2) is 0 Å². The van der Waals surface area contributed by atoms with Crippen molar-refractivity contribution in [2.45, 2.75) is 30.0 Å². The predicted octanol–water partition coefficient (Wildman–Crippen LogP) is 2.25. The lowest BCUT2D eigenvalue weighted by Crippen LogP contribution is -2.33. The smallest absolute Gasteiger partial charge is 0.207 e. The van der Waals surface area contributed by atoms with Crippen LogP contribution in [0.4, 0.5) is 13.2 Å². The van der Waals surface area contributed by atoms with E-state index in [0.717, 1.165) is 16.4 Å². The molecule has 0 unspecified atom stereocenters. The van der Waals surface area contributed by atoms with Crippen molar-refractivity contribution >= 4 is 10.0 Å². The quantitative estimate of drug-likeness (QED) is 0.793. The first kappa shape index (κ1) is 16.3. The molecule has 5 nitrogen and oxygen atoms in total. The fraction of sp³-hybridized carbons (Fsp3) is 0.385. The fourth-order valence-electron chi connectivity index (χ4n) is 1.99. The average Bonchev–Trinajstić information content (AvgIpc) is 3.27. The Morgan fingerprint density at radius 1 is 1.27 bits per heavy atom. The topological polar surface area (TPSA) is 85.0 Å². The van der Waals surface area contributed by atoms with E-state index in [9.17, 15) is 21.6 Å². The largest absolute Gasteiger partial charge is 0.417 e. The molecule has 0 atom stereocenters. The van der Waals surface area contributed by atoms with Crippen molar-refractivity contribution in [2.24, 2.45) is 0 Å². The lowest BCUT2D eigenvalue weighted by Gasteiger charge is -2.19. The number of halogens is 3. The molecule has 1 aromatic rings. The van der Waals surface area contributed by atoms with E-state index < -0.39 is 38.8 Å². The highest BCUT2D eigenvalue weighted by Gasteiger charge is 2.40. The summed E-state index contributed by atoms with van der Waals surface area (Å²) in [6.45, 7) is -0.422. The Bertz CT molecular complexity index is 771. The van der Waals surface area contributed by atoms with Crippen molar-refractivity contribution < 1.29 is 21.6 Å². The zero-order chi connectivity index (χ0) is 16.5. The van der Waals surface area contributed by atoms with Crippen molar-refractivity contribution in [3.63, 3.8) is 0 Å². The molecule has 0 spiro atoms. The first-order valence-electron chi connectivity index (χ1n) is 6.22. The molecule has 116 valence electrons. The molecule has 0 radical (unpaired) electrons. The van der Waals surface area contributed by atoms with E-state index >= 15 is 0 Å². The van der Waals surface area contributed by atoms with Crippen molar-refractivity contribution in [2.75, 3.05) is 6.54 Å². The molecular formula is C13H10F3N3O2S. The number of benzene rings is 1. The highest BCUT2D eigenvalue weighted by molar-refractivity contribution is 7.89. The standard InChI is InChI=1S/C13H10F3N3O2S/c14-13(15,16)12-7-11(4-1-9(12)8-18)22(20,21)19(6-5-17)10-2-3-10/h1,4,7,10H,2-3,6H2. The zero-order valence-electron chi connectivity index (χ0n) is 11.1. The predicted molar refractivity (Wildman–Crippen MR) is 68.7 cm³/mol. The van der Waals surface area contributed by atoms with Crippen LogP contribution in [0.5, 0.6) is 0 Å². The maximum absolute atomic E-state index is 12.9. The van der Waals surface area contributed by atoms with Gasteiger partial charge in [0, 0.05) is 6.04 Å². The van der Waals surface area contributed by atoms with Gasteiger partial charge in [-0.1, -0.05) is 0 Å². The molecule has 0 aliphatic heterocycles. The second-order valence-corrected chi connectivity index (χ2v) is 6.65. The lowest BCUT2D eigenvalue weighted by molar-refractivity contribution is -0.137. The third kappa shape index (κ3) is 3.06. The molecule has 1 aliphatic rings. The second-order valence-electron chi connectivity index (χ2n) is 4.76. The molecule has 1 aliphatic carbocycles. The highest BCUT2D eigenvalue weighted by atomic mass is 32.2. The number of alkyl halides is 3. The number of hydrogen-bond acceptors (Lipinski definition) is 4. The van der Waals surface area contributed by atoms with Crippen LogP contribution in [0, 0.1) is 22.7 Å². The summed E-state index contributed by atoms with van der Waals surface area (Å²) in [4.78, 5) is -0.569. The zero-order valence-corrected chi connectivity index (χ0v) is 11.9. The average molecular weight is 329 g/mol. The van der Waals surface area contributed by atoms with Crippen molar-refractivity contribution in [3.05, 3.63) is 29.3 Å². The van der Waals surface area contributed by atoms with Crippen molar-refractivity contribution in [1.82, 2.24) is 4.31 Å². The van der Waals surface area contributed by atoms with Crippen LogP contribution in [0.2, 0.25) is 0 Å². The van der Waals surface area contributed by atoms with Gasteiger partial charge in [-0.3, -0.25) is 0 Å². The SMILES string of the molecule is N#CCN(C1CC1)S(=O)(=O)c1ccc(C#N)c(C(F)(F)F)c1. The molecule has 22 heavy (non-hydrogen) atoms. The van der Waals surface area contributed by atoms with Crippen LogP contribution in [0.3, 0.4) is 0 Å². The Hall–Kier alpha value is -2.10. The molecule has 2 rings (SSSR count). The van der Waals surface area contributed by atoms with Gasteiger partial charge >= 0.3 is 6.18 Å². The van der Waals surface area contributed by atoms with E-state index in [-0.39, 0.29) is 6.04 Å². The minimum Gasteiger partial charge on any atom is -0.207 e. The van der Waals surface area contributed by atoms with E-state index in [4.69, 9.17) is 10.5 Å². The van der Waals surface area contributed by atoms with E-state index in [1.54, 1.807) is 6.07 Å². The van der Waals surface area contributed by atoms with Crippen LogP contribution in [-0.4, -0.2) is 25.3 Å². The minimum atomic E-state index is -4.84. The maximum Gasteiger partial charge on any atom is 0.417 e. The van der Waals surface area contributed by atoms with Crippen LogP contribution in [0.1, 0.15) is 24.0 Å². The normalized spacial score (nSPS) is 15.4. The summed E-state index contributed by atoms with van der Waals surface area (Å²) in [5.41, 5.74) is -1.95. The number of hydrogen-bond donors (Lipinski definition) is 0. The van der Waals surface area contributed by atoms with Gasteiger partial charge in [-0.2, -0.15) is 28.0 Å². The molecule has 1 saturated carbocycles. The van der Waals surface area contributed by atoms with Gasteiger partial charge in [0.25, 0.3) is 0 Å². The van der Waals surface area contributed by atoms with Crippen molar-refractivity contribution in [3.8, 4) is 12.1 Å². The lowest BCUT2D eigenvalue weighted by atomic mass is 10.1. The maximum atomic E-state index is 12.9. The molecule has 0 bridgehead atoms. The van der Waals surface area contributed by atoms with Crippen LogP contribution >= 0.6 is 0 Å². The molecule has 0 amide bonds. The summed E-state index contributed by atoms with van der Waals surface area (Å²) in [5.74, 6) is 0. The Kier molecular flexibility index (Phi) is 4.14. The van der Waals surface area contributed by atoms with E-state index in [2.05, 4.69) is 0 Å². The van der Waals surface area contributed by atoms with Gasteiger partial charge in [-0.25, -0.2) is 8.42 Å². The van der Waals surface area contributed by atoms with Gasteiger partial charge in [0.1, 0.15) is 6.54 Å². The molecular weight excluding hydrogens is 319 g/mol. The number of nitrogens with zero attached hydrogens (tertiary/aromatic N) is 3. The van der Waals surface area contributed by atoms with Crippen LogP contribution in [0.15, 0.2) is 23.1 Å². The first-order valence-corrected chi connectivity index (χ1v) is 7.66. The van der Waals surface area contributed by atoms with Gasteiger partial charge in [-0.15, -0.1) is 0 Å².